The SMILES string of the molecule is Cc1oc2cc(OCC(=O)N3C[C@@H](C)O[C@@H](C)C3)ccc2c(=O)c1-c1ccccc1. The lowest BCUT2D eigenvalue weighted by atomic mass is 10.0. The number of fused-ring (bicyclic) bond motifs is 1. The van der Waals surface area contributed by atoms with Crippen molar-refractivity contribution in [3.8, 4) is 16.9 Å². The lowest BCUT2D eigenvalue weighted by Gasteiger charge is -2.35. The summed E-state index contributed by atoms with van der Waals surface area (Å²) < 4.78 is 17.3. The van der Waals surface area contributed by atoms with Crippen LogP contribution in [0.3, 0.4) is 0 Å². The van der Waals surface area contributed by atoms with Crippen molar-refractivity contribution in [3.05, 3.63) is 64.5 Å². The van der Waals surface area contributed by atoms with Crippen LogP contribution in [0.15, 0.2) is 57.7 Å². The molecule has 0 radical (unpaired) electrons. The van der Waals surface area contributed by atoms with Gasteiger partial charge in [0.2, 0.25) is 5.43 Å². The minimum absolute atomic E-state index is 0.00873. The third-order valence-electron chi connectivity index (χ3n) is 5.24. The largest absolute Gasteiger partial charge is 0.484 e. The highest BCUT2D eigenvalue weighted by Crippen LogP contribution is 2.26. The van der Waals surface area contributed by atoms with Crippen LogP contribution in [0, 0.1) is 6.92 Å². The molecule has 1 fully saturated rings. The molecule has 1 aliphatic rings. The molecule has 156 valence electrons. The van der Waals surface area contributed by atoms with Crippen LogP contribution in [-0.2, 0) is 9.53 Å². The fourth-order valence-corrected chi connectivity index (χ4v) is 3.93. The molecule has 1 amide bonds. The Bertz CT molecular complexity index is 1110. The van der Waals surface area contributed by atoms with Crippen LogP contribution in [0.4, 0.5) is 0 Å². The van der Waals surface area contributed by atoms with Gasteiger partial charge >= 0.3 is 0 Å². The fraction of sp³-hybridized carbons (Fsp3) is 0.333. The van der Waals surface area contributed by atoms with Gasteiger partial charge in [0.1, 0.15) is 17.1 Å². The number of ether oxygens (including phenoxy) is 2. The van der Waals surface area contributed by atoms with Gasteiger partial charge in [-0.1, -0.05) is 30.3 Å². The summed E-state index contributed by atoms with van der Waals surface area (Å²) in [6.07, 6.45) is 0.0175. The quantitative estimate of drug-likeness (QED) is 0.658. The molecular formula is C24H25NO5. The van der Waals surface area contributed by atoms with E-state index in [1.165, 1.54) is 0 Å². The van der Waals surface area contributed by atoms with E-state index < -0.39 is 0 Å². The van der Waals surface area contributed by atoms with Crippen molar-refractivity contribution >= 4 is 16.9 Å². The van der Waals surface area contributed by atoms with E-state index in [-0.39, 0.29) is 30.2 Å². The Balaban J connectivity index is 1.54. The maximum atomic E-state index is 13.0. The van der Waals surface area contributed by atoms with Crippen molar-refractivity contribution in [2.45, 2.75) is 33.0 Å². The highest BCUT2D eigenvalue weighted by atomic mass is 16.5. The molecule has 1 saturated heterocycles. The smallest absolute Gasteiger partial charge is 0.260 e. The third-order valence-corrected chi connectivity index (χ3v) is 5.24. The van der Waals surface area contributed by atoms with Crippen molar-refractivity contribution in [2.75, 3.05) is 19.7 Å². The maximum Gasteiger partial charge on any atom is 0.260 e. The first kappa shape index (κ1) is 20.2. The van der Waals surface area contributed by atoms with Gasteiger partial charge in [-0.3, -0.25) is 9.59 Å². The van der Waals surface area contributed by atoms with Crippen LogP contribution in [-0.4, -0.2) is 42.7 Å². The third kappa shape index (κ3) is 4.09. The number of nitrogens with zero attached hydrogens (tertiary/aromatic N) is 1. The van der Waals surface area contributed by atoms with Crippen LogP contribution < -0.4 is 10.2 Å². The second-order valence-corrected chi connectivity index (χ2v) is 7.73. The lowest BCUT2D eigenvalue weighted by molar-refractivity contribution is -0.145. The molecule has 4 rings (SSSR count). The molecule has 0 aliphatic carbocycles. The van der Waals surface area contributed by atoms with Crippen LogP contribution in [0.5, 0.6) is 5.75 Å². The minimum Gasteiger partial charge on any atom is -0.484 e. The first-order valence-corrected chi connectivity index (χ1v) is 10.1. The molecule has 1 aliphatic heterocycles. The summed E-state index contributed by atoms with van der Waals surface area (Å²) in [6.45, 7) is 6.72. The van der Waals surface area contributed by atoms with Gasteiger partial charge in [-0.25, -0.2) is 0 Å². The molecule has 6 heteroatoms. The number of carbonyl (C=O) groups excluding carboxylic acids is 1. The van der Waals surface area contributed by atoms with Crippen LogP contribution in [0.1, 0.15) is 19.6 Å². The highest BCUT2D eigenvalue weighted by Gasteiger charge is 2.26. The van der Waals surface area contributed by atoms with Gasteiger partial charge in [0.05, 0.1) is 23.2 Å². The zero-order chi connectivity index (χ0) is 21.3. The minimum atomic E-state index is -0.0887. The van der Waals surface area contributed by atoms with Crippen molar-refractivity contribution in [3.63, 3.8) is 0 Å². The summed E-state index contributed by atoms with van der Waals surface area (Å²) in [7, 11) is 0. The van der Waals surface area contributed by atoms with Crippen LogP contribution >= 0.6 is 0 Å². The van der Waals surface area contributed by atoms with Gasteiger partial charge in [-0.2, -0.15) is 0 Å². The van der Waals surface area contributed by atoms with E-state index in [1.807, 2.05) is 44.2 Å². The summed E-state index contributed by atoms with van der Waals surface area (Å²) in [6, 6.07) is 14.5. The molecule has 3 aromatic rings. The Kier molecular flexibility index (Phi) is 5.59. The fourth-order valence-electron chi connectivity index (χ4n) is 3.93. The maximum absolute atomic E-state index is 13.0. The Morgan fingerprint density at radius 3 is 2.50 bits per heavy atom. The standard InChI is InChI=1S/C24H25NO5/c1-15-12-25(13-16(2)29-15)22(26)14-28-19-9-10-20-21(11-19)30-17(3)23(24(20)27)18-7-5-4-6-8-18/h4-11,15-16H,12-14H2,1-3H3/t15-,16+. The molecule has 6 nitrogen and oxygen atoms in total. The Morgan fingerprint density at radius 2 is 1.80 bits per heavy atom. The first-order chi connectivity index (χ1) is 14.4. The Hall–Kier alpha value is -3.12. The average Bonchev–Trinajstić information content (AvgIpc) is 2.72. The number of rotatable bonds is 4. The van der Waals surface area contributed by atoms with Crippen molar-refractivity contribution in [2.24, 2.45) is 0 Å². The Morgan fingerprint density at radius 1 is 1.10 bits per heavy atom. The van der Waals surface area contributed by atoms with E-state index in [0.717, 1.165) is 5.56 Å². The van der Waals surface area contributed by atoms with E-state index in [4.69, 9.17) is 13.9 Å². The molecule has 0 N–H and O–H groups in total. The summed E-state index contributed by atoms with van der Waals surface area (Å²) in [5.41, 5.74) is 1.74. The van der Waals surface area contributed by atoms with Gasteiger partial charge < -0.3 is 18.8 Å². The second kappa shape index (κ2) is 8.32. The normalized spacial score (nSPS) is 19.1. The number of benzene rings is 2. The number of carbonyl (C=O) groups is 1. The van der Waals surface area contributed by atoms with Crippen LogP contribution in [0.25, 0.3) is 22.1 Å². The van der Waals surface area contributed by atoms with E-state index >= 15 is 0 Å². The van der Waals surface area contributed by atoms with Gasteiger partial charge in [0, 0.05) is 19.2 Å². The van der Waals surface area contributed by atoms with Crippen LogP contribution in [0.2, 0.25) is 0 Å². The van der Waals surface area contributed by atoms with Gasteiger partial charge in [-0.05, 0) is 38.5 Å². The van der Waals surface area contributed by atoms with Crippen molar-refractivity contribution in [1.82, 2.24) is 4.90 Å². The number of morpholine rings is 1. The predicted molar refractivity (Wildman–Crippen MR) is 115 cm³/mol. The highest BCUT2D eigenvalue weighted by molar-refractivity contribution is 5.84. The summed E-state index contributed by atoms with van der Waals surface area (Å²) in [4.78, 5) is 27.3. The van der Waals surface area contributed by atoms with E-state index in [2.05, 4.69) is 0 Å². The second-order valence-electron chi connectivity index (χ2n) is 7.73. The topological polar surface area (TPSA) is 69.0 Å². The molecule has 2 heterocycles. The van der Waals surface area contributed by atoms with Gasteiger partial charge in [0.15, 0.2) is 6.61 Å². The molecule has 1 aromatic heterocycles. The zero-order valence-electron chi connectivity index (χ0n) is 17.4. The van der Waals surface area contributed by atoms with E-state index in [1.54, 1.807) is 30.0 Å². The molecule has 0 spiro atoms. The number of hydrogen-bond acceptors (Lipinski definition) is 5. The Labute approximate surface area is 175 Å². The molecule has 30 heavy (non-hydrogen) atoms. The summed E-state index contributed by atoms with van der Waals surface area (Å²) in [5.74, 6) is 0.942. The zero-order valence-corrected chi connectivity index (χ0v) is 17.4. The molecule has 2 aromatic carbocycles. The first-order valence-electron chi connectivity index (χ1n) is 10.1. The average molecular weight is 407 g/mol. The lowest BCUT2D eigenvalue weighted by Crippen LogP contribution is -2.49. The van der Waals surface area contributed by atoms with Crippen molar-refractivity contribution < 1.29 is 18.7 Å². The number of amides is 1. The monoisotopic (exact) mass is 407 g/mol. The predicted octanol–water partition coefficient (Wildman–Crippen LogP) is 3.78. The van der Waals surface area contributed by atoms with E-state index in [9.17, 15) is 9.59 Å². The van der Waals surface area contributed by atoms with E-state index in [0.29, 0.717) is 41.1 Å². The number of hydrogen-bond donors (Lipinski definition) is 0. The summed E-state index contributed by atoms with van der Waals surface area (Å²) >= 11 is 0. The number of aryl methyl sites for hydroxylation is 1. The van der Waals surface area contributed by atoms with Gasteiger partial charge in [0.25, 0.3) is 5.91 Å². The molecule has 0 bridgehead atoms. The molecule has 2 atom stereocenters. The van der Waals surface area contributed by atoms with Gasteiger partial charge in [-0.15, -0.1) is 0 Å². The van der Waals surface area contributed by atoms with Crippen molar-refractivity contribution in [1.29, 1.82) is 0 Å². The molecule has 0 saturated carbocycles. The summed E-state index contributed by atoms with van der Waals surface area (Å²) in [5, 5.41) is 0.481. The molecule has 0 unspecified atom stereocenters. The molecular weight excluding hydrogens is 382 g/mol.